The lowest BCUT2D eigenvalue weighted by molar-refractivity contribution is -0.200. The first kappa shape index (κ1) is 20.1. The Balaban J connectivity index is 1.53. The molecule has 0 radical (unpaired) electrons. The van der Waals surface area contributed by atoms with Gasteiger partial charge in [-0.2, -0.15) is 0 Å². The van der Waals surface area contributed by atoms with Crippen molar-refractivity contribution in [1.29, 1.82) is 0 Å². The Morgan fingerprint density at radius 2 is 1.36 bits per heavy atom. The van der Waals surface area contributed by atoms with E-state index in [1.807, 2.05) is 12.1 Å². The summed E-state index contributed by atoms with van der Waals surface area (Å²) < 4.78 is 23.3. The van der Waals surface area contributed by atoms with Gasteiger partial charge in [0.15, 0.2) is 12.6 Å². The van der Waals surface area contributed by atoms with Gasteiger partial charge in [0.25, 0.3) is 0 Å². The van der Waals surface area contributed by atoms with Crippen LogP contribution in [0.5, 0.6) is 0 Å². The molecule has 2 unspecified atom stereocenters. The van der Waals surface area contributed by atoms with E-state index in [4.69, 9.17) is 42.1 Å². The molecule has 4 rings (SSSR count). The van der Waals surface area contributed by atoms with Crippen LogP contribution in [0.4, 0.5) is 0 Å². The van der Waals surface area contributed by atoms with Crippen LogP contribution in [0, 0.1) is 0 Å². The van der Waals surface area contributed by atoms with Crippen molar-refractivity contribution in [3.8, 4) is 0 Å². The van der Waals surface area contributed by atoms with Gasteiger partial charge in [0.2, 0.25) is 0 Å². The predicted molar refractivity (Wildman–Crippen MR) is 102 cm³/mol. The number of hydrogen-bond acceptors (Lipinski definition) is 6. The third-order valence-electron chi connectivity index (χ3n) is 4.75. The number of benzene rings is 2. The Labute approximate surface area is 172 Å². The second-order valence-corrected chi connectivity index (χ2v) is 7.65. The average Bonchev–Trinajstić information content (AvgIpc) is 3.12. The molecule has 6 atom stereocenters. The Morgan fingerprint density at radius 3 is 1.96 bits per heavy atom. The molecule has 2 aromatic carbocycles. The lowest BCUT2D eigenvalue weighted by Crippen LogP contribution is -2.46. The Morgan fingerprint density at radius 1 is 0.786 bits per heavy atom. The maximum absolute atomic E-state index is 10.6. The molecule has 0 spiro atoms. The van der Waals surface area contributed by atoms with Crippen LogP contribution < -0.4 is 0 Å². The van der Waals surface area contributed by atoms with Gasteiger partial charge in [0, 0.05) is 21.2 Å². The van der Waals surface area contributed by atoms with Gasteiger partial charge in [0.1, 0.15) is 24.4 Å². The van der Waals surface area contributed by atoms with Crippen molar-refractivity contribution in [3.63, 3.8) is 0 Å². The summed E-state index contributed by atoms with van der Waals surface area (Å²) in [4.78, 5) is 0. The molecular weight excluding hydrogens is 407 g/mol. The first-order chi connectivity index (χ1) is 13.5. The first-order valence-electron chi connectivity index (χ1n) is 8.92. The first-order valence-corrected chi connectivity index (χ1v) is 9.68. The Bertz CT molecular complexity index is 819. The molecule has 8 heteroatoms. The van der Waals surface area contributed by atoms with Crippen molar-refractivity contribution in [2.45, 2.75) is 37.0 Å². The van der Waals surface area contributed by atoms with E-state index in [-0.39, 0.29) is 13.2 Å². The number of rotatable bonds is 3. The fraction of sp³-hybridized carbons (Fsp3) is 0.400. The quantitative estimate of drug-likeness (QED) is 0.784. The van der Waals surface area contributed by atoms with E-state index in [0.29, 0.717) is 15.6 Å². The number of halogens is 2. The smallest absolute Gasteiger partial charge is 0.184 e. The summed E-state index contributed by atoms with van der Waals surface area (Å²) in [6.07, 6.45) is -5.21. The van der Waals surface area contributed by atoms with E-state index in [1.54, 1.807) is 36.4 Å². The lowest BCUT2D eigenvalue weighted by Gasteiger charge is -2.28. The van der Waals surface area contributed by atoms with Crippen LogP contribution in [0.25, 0.3) is 0 Å². The van der Waals surface area contributed by atoms with Gasteiger partial charge in [0.05, 0.1) is 13.2 Å². The van der Waals surface area contributed by atoms with E-state index in [0.717, 1.165) is 5.56 Å². The van der Waals surface area contributed by atoms with Crippen LogP contribution in [-0.2, 0) is 18.9 Å². The fourth-order valence-electron chi connectivity index (χ4n) is 3.32. The van der Waals surface area contributed by atoms with Gasteiger partial charge < -0.3 is 29.2 Å². The molecule has 2 aliphatic heterocycles. The van der Waals surface area contributed by atoms with Gasteiger partial charge in [-0.15, -0.1) is 0 Å². The van der Waals surface area contributed by atoms with E-state index in [1.165, 1.54) is 0 Å². The molecule has 0 aliphatic carbocycles. The minimum absolute atomic E-state index is 0.0832. The summed E-state index contributed by atoms with van der Waals surface area (Å²) in [5.74, 6) is 0. The van der Waals surface area contributed by atoms with Gasteiger partial charge in [-0.3, -0.25) is 0 Å². The average molecular weight is 427 g/mol. The molecule has 0 amide bonds. The van der Waals surface area contributed by atoms with Crippen molar-refractivity contribution >= 4 is 23.2 Å². The van der Waals surface area contributed by atoms with Crippen LogP contribution >= 0.6 is 23.2 Å². The summed E-state index contributed by atoms with van der Waals surface area (Å²) in [5, 5.41) is 21.9. The molecule has 2 fully saturated rings. The molecule has 6 nitrogen and oxygen atoms in total. The predicted octanol–water partition coefficient (Wildman–Crippen LogP) is 3.24. The molecule has 0 bridgehead atoms. The largest absolute Gasteiger partial charge is 0.388 e. The summed E-state index contributed by atoms with van der Waals surface area (Å²) in [7, 11) is 0. The maximum Gasteiger partial charge on any atom is 0.184 e. The molecule has 150 valence electrons. The second-order valence-electron chi connectivity index (χ2n) is 6.77. The molecule has 28 heavy (non-hydrogen) atoms. The third-order valence-corrected chi connectivity index (χ3v) is 5.22. The normalized spacial score (nSPS) is 33.6. The number of aliphatic hydroxyl groups is 2. The SMILES string of the molecule is O[C@H]1[C@@H]([C@H]2COC(c3cccc(Cl)c3)O2)OC(c2cccc(Cl)c2)OC[C@@H]1O. The molecule has 2 saturated heterocycles. The second kappa shape index (κ2) is 8.65. The molecule has 2 N–H and O–H groups in total. The van der Waals surface area contributed by atoms with Crippen molar-refractivity contribution in [2.24, 2.45) is 0 Å². The standard InChI is InChI=1S/C20H20Cl2O6/c21-13-5-1-3-11(7-13)19-26-10-16(27-19)18-17(24)15(23)9-25-20(28-18)12-4-2-6-14(22)8-12/h1-8,15-20,23-24H,9-10H2/t15-,16+,17+,18+,19?,20?/m0/s1. The molecule has 0 aromatic heterocycles. The minimum Gasteiger partial charge on any atom is -0.388 e. The van der Waals surface area contributed by atoms with Crippen molar-refractivity contribution in [3.05, 3.63) is 69.7 Å². The Kier molecular flexibility index (Phi) is 6.20. The molecule has 2 aromatic rings. The van der Waals surface area contributed by atoms with Gasteiger partial charge in [-0.1, -0.05) is 47.5 Å². The van der Waals surface area contributed by atoms with E-state index < -0.39 is 37.0 Å². The summed E-state index contributed by atoms with van der Waals surface area (Å²) in [6, 6.07) is 14.2. The maximum atomic E-state index is 10.6. The zero-order chi connectivity index (χ0) is 19.7. The van der Waals surface area contributed by atoms with Crippen LogP contribution in [-0.4, -0.2) is 47.8 Å². The number of aliphatic hydroxyl groups excluding tert-OH is 2. The van der Waals surface area contributed by atoms with Crippen molar-refractivity contribution in [2.75, 3.05) is 13.2 Å². The molecule has 0 saturated carbocycles. The highest BCUT2D eigenvalue weighted by atomic mass is 35.5. The highest BCUT2D eigenvalue weighted by Crippen LogP contribution is 2.35. The topological polar surface area (TPSA) is 77.4 Å². The molecular formula is C20H20Cl2O6. The van der Waals surface area contributed by atoms with Crippen LogP contribution in [0.3, 0.4) is 0 Å². The monoisotopic (exact) mass is 426 g/mol. The number of ether oxygens (including phenoxy) is 4. The van der Waals surface area contributed by atoms with Crippen LogP contribution in [0.2, 0.25) is 10.0 Å². The van der Waals surface area contributed by atoms with E-state index in [9.17, 15) is 10.2 Å². The van der Waals surface area contributed by atoms with E-state index >= 15 is 0 Å². The fourth-order valence-corrected chi connectivity index (χ4v) is 3.72. The van der Waals surface area contributed by atoms with E-state index in [2.05, 4.69) is 0 Å². The molecule has 2 aliphatic rings. The van der Waals surface area contributed by atoms with Crippen LogP contribution in [0.15, 0.2) is 48.5 Å². The van der Waals surface area contributed by atoms with Gasteiger partial charge >= 0.3 is 0 Å². The van der Waals surface area contributed by atoms with Gasteiger partial charge in [-0.05, 0) is 24.3 Å². The lowest BCUT2D eigenvalue weighted by atomic mass is 10.0. The zero-order valence-electron chi connectivity index (χ0n) is 14.8. The summed E-state index contributed by atoms with van der Waals surface area (Å²) in [5.41, 5.74) is 1.45. The molecule has 2 heterocycles. The third kappa shape index (κ3) is 4.35. The zero-order valence-corrected chi connectivity index (χ0v) is 16.3. The summed E-state index contributed by atoms with van der Waals surface area (Å²) in [6.45, 7) is 0.105. The van der Waals surface area contributed by atoms with Crippen molar-refractivity contribution < 1.29 is 29.2 Å². The van der Waals surface area contributed by atoms with Crippen molar-refractivity contribution in [1.82, 2.24) is 0 Å². The Hall–Kier alpha value is -1.22. The van der Waals surface area contributed by atoms with Crippen LogP contribution in [0.1, 0.15) is 23.7 Å². The highest BCUT2D eigenvalue weighted by Gasteiger charge is 2.44. The highest BCUT2D eigenvalue weighted by molar-refractivity contribution is 6.30. The van der Waals surface area contributed by atoms with Gasteiger partial charge in [-0.25, -0.2) is 0 Å². The number of hydrogen-bond donors (Lipinski definition) is 2. The summed E-state index contributed by atoms with van der Waals surface area (Å²) >= 11 is 12.1. The minimum atomic E-state index is -1.20.